The number of aliphatic hydroxyl groups excluding tert-OH is 1. The van der Waals surface area contributed by atoms with Crippen LogP contribution in [0.2, 0.25) is 0 Å². The lowest BCUT2D eigenvalue weighted by atomic mass is 9.62. The van der Waals surface area contributed by atoms with Crippen molar-refractivity contribution in [2.75, 3.05) is 0 Å². The molecule has 2 heteroatoms. The third-order valence-electron chi connectivity index (χ3n) is 6.06. The predicted molar refractivity (Wildman–Crippen MR) is 88.3 cm³/mol. The van der Waals surface area contributed by atoms with Gasteiger partial charge in [0, 0.05) is 11.5 Å². The van der Waals surface area contributed by atoms with Crippen molar-refractivity contribution in [3.05, 3.63) is 29.8 Å². The van der Waals surface area contributed by atoms with E-state index in [2.05, 4.69) is 25.7 Å². The number of benzene rings is 1. The Morgan fingerprint density at radius 2 is 2.09 bits per heavy atom. The van der Waals surface area contributed by atoms with Gasteiger partial charge in [0.25, 0.3) is 0 Å². The fraction of sp³-hybridized carbons (Fsp3) is 0.600. The number of phenols is 1. The maximum atomic E-state index is 10.3. The third-order valence-corrected chi connectivity index (χ3v) is 6.06. The molecule has 2 aliphatic rings. The van der Waals surface area contributed by atoms with Crippen LogP contribution in [0.1, 0.15) is 51.5 Å². The van der Waals surface area contributed by atoms with E-state index in [4.69, 9.17) is 0 Å². The van der Waals surface area contributed by atoms with E-state index >= 15 is 0 Å². The zero-order chi connectivity index (χ0) is 15.7. The van der Waals surface area contributed by atoms with E-state index in [9.17, 15) is 10.2 Å². The largest absolute Gasteiger partial charge is 0.508 e. The fourth-order valence-corrected chi connectivity index (χ4v) is 4.89. The minimum atomic E-state index is -0.116. The normalized spacial score (nSPS) is 35.3. The highest BCUT2D eigenvalue weighted by molar-refractivity contribution is 5.39. The molecule has 0 aliphatic heterocycles. The lowest BCUT2D eigenvalue weighted by Crippen LogP contribution is -2.41. The van der Waals surface area contributed by atoms with E-state index < -0.39 is 0 Å². The molecule has 2 N–H and O–H groups in total. The first-order chi connectivity index (χ1) is 10.5. The van der Waals surface area contributed by atoms with Gasteiger partial charge in [-0.3, -0.25) is 0 Å². The Hall–Kier alpha value is -1.46. The van der Waals surface area contributed by atoms with Crippen LogP contribution in [0.5, 0.6) is 5.75 Å². The van der Waals surface area contributed by atoms with E-state index in [-0.39, 0.29) is 17.3 Å². The molecule has 22 heavy (non-hydrogen) atoms. The number of aromatic hydroxyl groups is 1. The summed E-state index contributed by atoms with van der Waals surface area (Å²) in [5.74, 6) is 8.22. The van der Waals surface area contributed by atoms with Gasteiger partial charge < -0.3 is 10.2 Å². The van der Waals surface area contributed by atoms with Gasteiger partial charge in [0.05, 0.1) is 6.10 Å². The lowest BCUT2D eigenvalue weighted by Gasteiger charge is -2.44. The van der Waals surface area contributed by atoms with Crippen LogP contribution in [0.3, 0.4) is 0 Å². The lowest BCUT2D eigenvalue weighted by molar-refractivity contribution is -0.0224. The van der Waals surface area contributed by atoms with Crippen LogP contribution >= 0.6 is 0 Å². The SMILES string of the molecule is C[C@@H](C#Cc1cccc(O)c1)[C@H]1CC[C@H]2[C@@H](O)CCC[C@]12C. The molecule has 1 aromatic rings. The van der Waals surface area contributed by atoms with Gasteiger partial charge in [0.2, 0.25) is 0 Å². The first-order valence-corrected chi connectivity index (χ1v) is 8.49. The Kier molecular flexibility index (Phi) is 4.19. The van der Waals surface area contributed by atoms with Crippen molar-refractivity contribution in [3.8, 4) is 17.6 Å². The van der Waals surface area contributed by atoms with Gasteiger partial charge >= 0.3 is 0 Å². The first kappa shape index (κ1) is 15.4. The van der Waals surface area contributed by atoms with Crippen LogP contribution < -0.4 is 0 Å². The molecule has 1 aromatic carbocycles. The summed E-state index contributed by atoms with van der Waals surface area (Å²) in [6.07, 6.45) is 5.52. The Bertz CT molecular complexity index is 597. The van der Waals surface area contributed by atoms with Crippen molar-refractivity contribution in [2.45, 2.75) is 52.1 Å². The second kappa shape index (κ2) is 5.97. The zero-order valence-electron chi connectivity index (χ0n) is 13.5. The smallest absolute Gasteiger partial charge is 0.116 e. The second-order valence-electron chi connectivity index (χ2n) is 7.36. The number of fused-ring (bicyclic) bond motifs is 1. The number of phenolic OH excluding ortho intramolecular Hbond substituents is 1. The average Bonchev–Trinajstić information content (AvgIpc) is 2.83. The molecule has 118 valence electrons. The van der Waals surface area contributed by atoms with E-state index in [0.717, 1.165) is 24.8 Å². The second-order valence-corrected chi connectivity index (χ2v) is 7.36. The highest BCUT2D eigenvalue weighted by atomic mass is 16.3. The maximum absolute atomic E-state index is 10.3. The Morgan fingerprint density at radius 3 is 2.86 bits per heavy atom. The van der Waals surface area contributed by atoms with Gasteiger partial charge in [-0.15, -0.1) is 0 Å². The van der Waals surface area contributed by atoms with E-state index in [1.807, 2.05) is 12.1 Å². The van der Waals surface area contributed by atoms with E-state index in [1.54, 1.807) is 12.1 Å². The van der Waals surface area contributed by atoms with Crippen LogP contribution in [0, 0.1) is 35.0 Å². The van der Waals surface area contributed by atoms with Crippen molar-refractivity contribution in [1.82, 2.24) is 0 Å². The molecule has 0 bridgehead atoms. The molecular weight excluding hydrogens is 272 g/mol. The number of rotatable bonds is 1. The van der Waals surface area contributed by atoms with Crippen molar-refractivity contribution in [1.29, 1.82) is 0 Å². The van der Waals surface area contributed by atoms with Gasteiger partial charge in [-0.25, -0.2) is 0 Å². The molecular formula is C20H26O2. The Morgan fingerprint density at radius 1 is 1.27 bits per heavy atom. The molecule has 2 saturated carbocycles. The molecule has 0 amide bonds. The summed E-state index contributed by atoms with van der Waals surface area (Å²) in [6.45, 7) is 4.58. The zero-order valence-corrected chi connectivity index (χ0v) is 13.5. The summed E-state index contributed by atoms with van der Waals surface area (Å²) in [5, 5.41) is 19.8. The van der Waals surface area contributed by atoms with E-state index in [1.165, 1.54) is 12.8 Å². The molecule has 2 aliphatic carbocycles. The molecule has 0 spiro atoms. The predicted octanol–water partition coefficient (Wildman–Crippen LogP) is 3.96. The molecule has 0 radical (unpaired) electrons. The van der Waals surface area contributed by atoms with Gasteiger partial charge in [-0.1, -0.05) is 38.2 Å². The maximum Gasteiger partial charge on any atom is 0.116 e. The van der Waals surface area contributed by atoms with Crippen LogP contribution in [-0.4, -0.2) is 16.3 Å². The Balaban J connectivity index is 1.77. The Labute approximate surface area is 133 Å². The van der Waals surface area contributed by atoms with Gasteiger partial charge in [0.1, 0.15) is 5.75 Å². The highest BCUT2D eigenvalue weighted by Gasteiger charge is 2.52. The minimum Gasteiger partial charge on any atom is -0.508 e. The standard InChI is InChI=1S/C20H26O2/c1-14(8-9-15-5-3-6-16(21)13-15)17-10-11-18-19(22)7-4-12-20(17,18)2/h3,5-6,13-14,17-19,21-22H,4,7,10-12H2,1-2H3/t14-,17+,18-,19-,20+/m0/s1. The van der Waals surface area contributed by atoms with Gasteiger partial charge in [0.15, 0.2) is 0 Å². The van der Waals surface area contributed by atoms with Crippen molar-refractivity contribution in [3.63, 3.8) is 0 Å². The molecule has 2 fully saturated rings. The van der Waals surface area contributed by atoms with E-state index in [0.29, 0.717) is 17.8 Å². The van der Waals surface area contributed by atoms with Crippen molar-refractivity contribution in [2.24, 2.45) is 23.2 Å². The molecule has 3 rings (SSSR count). The van der Waals surface area contributed by atoms with Crippen LogP contribution in [0.4, 0.5) is 0 Å². The van der Waals surface area contributed by atoms with Gasteiger partial charge in [-0.05, 0) is 61.1 Å². The van der Waals surface area contributed by atoms with Gasteiger partial charge in [-0.2, -0.15) is 0 Å². The van der Waals surface area contributed by atoms with Crippen molar-refractivity contribution >= 4 is 0 Å². The summed E-state index contributed by atoms with van der Waals surface area (Å²) >= 11 is 0. The third kappa shape index (κ3) is 2.75. The molecule has 0 saturated heterocycles. The average molecular weight is 298 g/mol. The number of hydrogen-bond donors (Lipinski definition) is 2. The summed E-state index contributed by atoms with van der Waals surface area (Å²) in [6, 6.07) is 7.14. The number of aliphatic hydroxyl groups is 1. The molecule has 0 aromatic heterocycles. The number of hydrogen-bond acceptors (Lipinski definition) is 2. The molecule has 0 unspecified atom stereocenters. The summed E-state index contributed by atoms with van der Waals surface area (Å²) in [7, 11) is 0. The molecule has 5 atom stereocenters. The van der Waals surface area contributed by atoms with Crippen LogP contribution in [-0.2, 0) is 0 Å². The van der Waals surface area contributed by atoms with Crippen molar-refractivity contribution < 1.29 is 10.2 Å². The molecule has 2 nitrogen and oxygen atoms in total. The quantitative estimate of drug-likeness (QED) is 0.771. The highest BCUT2D eigenvalue weighted by Crippen LogP contribution is 2.57. The first-order valence-electron chi connectivity index (χ1n) is 8.49. The fourth-order valence-electron chi connectivity index (χ4n) is 4.89. The minimum absolute atomic E-state index is 0.116. The van der Waals surface area contributed by atoms with Crippen LogP contribution in [0.25, 0.3) is 0 Å². The summed E-state index contributed by atoms with van der Waals surface area (Å²) in [5.41, 5.74) is 1.11. The monoisotopic (exact) mass is 298 g/mol. The summed E-state index contributed by atoms with van der Waals surface area (Å²) in [4.78, 5) is 0. The molecule has 0 heterocycles. The summed E-state index contributed by atoms with van der Waals surface area (Å²) < 4.78 is 0. The van der Waals surface area contributed by atoms with Crippen LogP contribution in [0.15, 0.2) is 24.3 Å². The topological polar surface area (TPSA) is 40.5 Å².